The molecule has 0 aromatic heterocycles. The molecule has 0 atom stereocenters. The molecule has 0 unspecified atom stereocenters. The molecule has 0 aliphatic rings. The third-order valence-corrected chi connectivity index (χ3v) is 0.823. The van der Waals surface area contributed by atoms with Crippen LogP contribution < -0.4 is 11.1 Å². The first-order valence-electron chi connectivity index (χ1n) is 3.54. The fourth-order valence-electron chi connectivity index (χ4n) is 0.479. The quantitative estimate of drug-likeness (QED) is 0.618. The van der Waals surface area contributed by atoms with E-state index in [1.54, 1.807) is 20.8 Å². The summed E-state index contributed by atoms with van der Waals surface area (Å²) < 4.78 is 4.45. The molecular weight excluding hydrogens is 160 g/mol. The summed E-state index contributed by atoms with van der Waals surface area (Å²) in [5, 5.41) is 2.51. The van der Waals surface area contributed by atoms with Crippen molar-refractivity contribution in [2.45, 2.75) is 26.3 Å². The van der Waals surface area contributed by atoms with Gasteiger partial charge in [-0.15, -0.1) is 0 Å². The van der Waals surface area contributed by atoms with E-state index in [-0.39, 0.29) is 12.1 Å². The van der Waals surface area contributed by atoms with Gasteiger partial charge in [-0.1, -0.05) is 0 Å². The summed E-state index contributed by atoms with van der Waals surface area (Å²) in [6, 6.07) is 0. The van der Waals surface area contributed by atoms with E-state index in [1.165, 1.54) is 0 Å². The number of primary amides is 1. The van der Waals surface area contributed by atoms with Crippen molar-refractivity contribution in [2.24, 2.45) is 5.73 Å². The monoisotopic (exact) mass is 174 g/mol. The maximum atomic E-state index is 10.8. The predicted molar refractivity (Wildman–Crippen MR) is 43.4 cm³/mol. The zero-order valence-electron chi connectivity index (χ0n) is 7.51. The first kappa shape index (κ1) is 10.7. The number of nitrogens with two attached hydrogens (primary N) is 1. The number of ether oxygens (including phenoxy) is 1. The van der Waals surface area contributed by atoms with Crippen molar-refractivity contribution in [3.05, 3.63) is 0 Å². The maximum absolute atomic E-state index is 10.8. The molecule has 0 aliphatic heterocycles. The van der Waals surface area contributed by atoms with E-state index < -0.39 is 12.0 Å². The maximum Gasteiger partial charge on any atom is 0.408 e. The molecule has 0 radical (unpaired) electrons. The molecule has 0 bridgehead atoms. The van der Waals surface area contributed by atoms with Gasteiger partial charge in [-0.3, -0.25) is 4.79 Å². The standard InChI is InChI=1S/C7H14N2O3/c1-7(2,3)9-6(11)12-4-5(8)10/h4H2,1-3H3,(H2,8,10)(H,9,11). The Morgan fingerprint density at radius 2 is 1.92 bits per heavy atom. The largest absolute Gasteiger partial charge is 0.439 e. The van der Waals surface area contributed by atoms with Crippen LogP contribution in [-0.2, 0) is 9.53 Å². The minimum absolute atomic E-state index is 0.366. The Labute approximate surface area is 71.3 Å². The van der Waals surface area contributed by atoms with Gasteiger partial charge in [0, 0.05) is 5.54 Å². The van der Waals surface area contributed by atoms with Crippen molar-refractivity contribution in [1.82, 2.24) is 5.32 Å². The lowest BCUT2D eigenvalue weighted by atomic mass is 10.1. The van der Waals surface area contributed by atoms with Crippen molar-refractivity contribution in [3.8, 4) is 0 Å². The third-order valence-electron chi connectivity index (χ3n) is 0.823. The Bertz CT molecular complexity index is 184. The number of alkyl carbamates (subject to hydrolysis) is 1. The number of rotatable bonds is 2. The highest BCUT2D eigenvalue weighted by Gasteiger charge is 2.14. The molecule has 0 aromatic rings. The summed E-state index contributed by atoms with van der Waals surface area (Å²) in [4.78, 5) is 21.0. The summed E-state index contributed by atoms with van der Waals surface area (Å²) >= 11 is 0. The highest BCUT2D eigenvalue weighted by atomic mass is 16.6. The third kappa shape index (κ3) is 6.85. The molecule has 0 saturated carbocycles. The predicted octanol–water partition coefficient (Wildman–Crippen LogP) is -0.00360. The second-order valence-electron chi connectivity index (χ2n) is 3.42. The Morgan fingerprint density at radius 1 is 1.42 bits per heavy atom. The lowest BCUT2D eigenvalue weighted by Crippen LogP contribution is -2.41. The van der Waals surface area contributed by atoms with Gasteiger partial charge < -0.3 is 15.8 Å². The Hall–Kier alpha value is -1.26. The number of nitrogens with one attached hydrogen (secondary N) is 1. The average Bonchev–Trinajstić information content (AvgIpc) is 1.79. The molecule has 0 aromatic carbocycles. The summed E-state index contributed by atoms with van der Waals surface area (Å²) in [7, 11) is 0. The van der Waals surface area contributed by atoms with Gasteiger partial charge >= 0.3 is 6.09 Å². The van der Waals surface area contributed by atoms with Crippen LogP contribution >= 0.6 is 0 Å². The highest BCUT2D eigenvalue weighted by molar-refractivity contribution is 5.78. The molecule has 70 valence electrons. The normalized spacial score (nSPS) is 10.6. The van der Waals surface area contributed by atoms with E-state index in [0.29, 0.717) is 0 Å². The van der Waals surface area contributed by atoms with Crippen LogP contribution in [-0.4, -0.2) is 24.1 Å². The van der Waals surface area contributed by atoms with E-state index in [0.717, 1.165) is 0 Å². The molecule has 5 nitrogen and oxygen atoms in total. The fraction of sp³-hybridized carbons (Fsp3) is 0.714. The van der Waals surface area contributed by atoms with Gasteiger partial charge in [0.25, 0.3) is 5.91 Å². The van der Waals surface area contributed by atoms with E-state index >= 15 is 0 Å². The van der Waals surface area contributed by atoms with E-state index in [2.05, 4.69) is 10.1 Å². The zero-order valence-corrected chi connectivity index (χ0v) is 7.51. The molecule has 0 rings (SSSR count). The molecule has 0 heterocycles. The van der Waals surface area contributed by atoms with Crippen LogP contribution in [0.2, 0.25) is 0 Å². The Kier molecular flexibility index (Phi) is 3.53. The first-order valence-corrected chi connectivity index (χ1v) is 3.54. The first-order chi connectivity index (χ1) is 5.31. The van der Waals surface area contributed by atoms with Crippen molar-refractivity contribution >= 4 is 12.0 Å². The summed E-state index contributed by atoms with van der Waals surface area (Å²) in [5.41, 5.74) is 4.39. The highest BCUT2D eigenvalue weighted by Crippen LogP contribution is 1.98. The molecule has 12 heavy (non-hydrogen) atoms. The van der Waals surface area contributed by atoms with E-state index in [1.807, 2.05) is 0 Å². The van der Waals surface area contributed by atoms with Gasteiger partial charge in [-0.25, -0.2) is 4.79 Å². The van der Waals surface area contributed by atoms with Crippen LogP contribution in [0.1, 0.15) is 20.8 Å². The topological polar surface area (TPSA) is 81.4 Å². The smallest absolute Gasteiger partial charge is 0.408 e. The van der Waals surface area contributed by atoms with E-state index in [4.69, 9.17) is 5.73 Å². The number of carbonyl (C=O) groups is 2. The van der Waals surface area contributed by atoms with Gasteiger partial charge in [0.1, 0.15) is 0 Å². The number of hydrogen-bond donors (Lipinski definition) is 2. The number of amides is 2. The number of carbonyl (C=O) groups excluding carboxylic acids is 2. The fourth-order valence-corrected chi connectivity index (χ4v) is 0.479. The molecule has 5 heteroatoms. The molecule has 0 spiro atoms. The van der Waals surface area contributed by atoms with Crippen LogP contribution in [0.15, 0.2) is 0 Å². The van der Waals surface area contributed by atoms with E-state index in [9.17, 15) is 9.59 Å². The number of hydrogen-bond acceptors (Lipinski definition) is 3. The average molecular weight is 174 g/mol. The molecular formula is C7H14N2O3. The van der Waals surface area contributed by atoms with Gasteiger partial charge in [0.2, 0.25) is 0 Å². The second kappa shape index (κ2) is 3.94. The molecule has 2 amide bonds. The summed E-state index contributed by atoms with van der Waals surface area (Å²) in [6.45, 7) is 5.03. The Morgan fingerprint density at radius 3 is 2.25 bits per heavy atom. The lowest BCUT2D eigenvalue weighted by Gasteiger charge is -2.19. The van der Waals surface area contributed by atoms with Crippen molar-refractivity contribution < 1.29 is 14.3 Å². The van der Waals surface area contributed by atoms with Crippen LogP contribution in [0.3, 0.4) is 0 Å². The van der Waals surface area contributed by atoms with Crippen LogP contribution in [0.5, 0.6) is 0 Å². The Balaban J connectivity index is 3.68. The molecule has 0 aliphatic carbocycles. The lowest BCUT2D eigenvalue weighted by molar-refractivity contribution is -0.120. The van der Waals surface area contributed by atoms with Crippen molar-refractivity contribution in [2.75, 3.05) is 6.61 Å². The summed E-state index contributed by atoms with van der Waals surface area (Å²) in [6.07, 6.45) is -0.638. The second-order valence-corrected chi connectivity index (χ2v) is 3.42. The summed E-state index contributed by atoms with van der Waals surface area (Å²) in [5.74, 6) is -0.668. The minimum atomic E-state index is -0.668. The van der Waals surface area contributed by atoms with Gasteiger partial charge in [-0.05, 0) is 20.8 Å². The molecule has 3 N–H and O–H groups in total. The minimum Gasteiger partial charge on any atom is -0.439 e. The molecule has 0 fully saturated rings. The van der Waals surface area contributed by atoms with Gasteiger partial charge in [-0.2, -0.15) is 0 Å². The van der Waals surface area contributed by atoms with Crippen LogP contribution in [0, 0.1) is 0 Å². The van der Waals surface area contributed by atoms with Crippen LogP contribution in [0.4, 0.5) is 4.79 Å². The molecule has 0 saturated heterocycles. The van der Waals surface area contributed by atoms with Crippen molar-refractivity contribution in [1.29, 1.82) is 0 Å². The zero-order chi connectivity index (χ0) is 9.78. The van der Waals surface area contributed by atoms with Crippen molar-refractivity contribution in [3.63, 3.8) is 0 Å². The van der Waals surface area contributed by atoms with Gasteiger partial charge in [0.15, 0.2) is 6.61 Å². The van der Waals surface area contributed by atoms with Gasteiger partial charge in [0.05, 0.1) is 0 Å². The van der Waals surface area contributed by atoms with Crippen LogP contribution in [0.25, 0.3) is 0 Å². The SMILES string of the molecule is CC(C)(C)NC(=O)OCC(N)=O.